The Balaban J connectivity index is 2.00. The molecule has 0 amide bonds. The van der Waals surface area contributed by atoms with Gasteiger partial charge in [-0.15, -0.1) is 0 Å². The van der Waals surface area contributed by atoms with Gasteiger partial charge in [-0.1, -0.05) is 36.4 Å². The first-order valence-corrected chi connectivity index (χ1v) is 4.97. The van der Waals surface area contributed by atoms with Crippen molar-refractivity contribution in [3.63, 3.8) is 0 Å². The second-order valence-electron chi connectivity index (χ2n) is 3.82. The molecule has 0 aromatic heterocycles. The Hall–Kier alpha value is -1.22. The molecule has 0 aliphatic carbocycles. The van der Waals surface area contributed by atoms with Crippen LogP contribution in [0.3, 0.4) is 0 Å². The van der Waals surface area contributed by atoms with Crippen molar-refractivity contribution in [3.8, 4) is 0 Å². The number of rotatable bonds is 2. The van der Waals surface area contributed by atoms with Gasteiger partial charge in [0.1, 0.15) is 0 Å². The highest BCUT2D eigenvalue weighted by Gasteiger charge is 2.30. The Morgan fingerprint density at radius 2 is 1.93 bits per heavy atom. The summed E-state index contributed by atoms with van der Waals surface area (Å²) in [6.45, 7) is 1.00. The van der Waals surface area contributed by atoms with E-state index in [0.717, 1.165) is 11.6 Å². The topological polar surface area (TPSA) is 3.24 Å². The summed E-state index contributed by atoms with van der Waals surface area (Å²) < 4.78 is 26.1. The smallest absolute Gasteiger partial charge is 0.278 e. The van der Waals surface area contributed by atoms with Gasteiger partial charge in [-0.05, 0) is 11.6 Å². The molecule has 1 aromatic carbocycles. The summed E-state index contributed by atoms with van der Waals surface area (Å²) in [7, 11) is 0. The minimum Gasteiger partial charge on any atom is -0.289 e. The van der Waals surface area contributed by atoms with Crippen LogP contribution in [0.25, 0.3) is 0 Å². The molecule has 0 atom stereocenters. The molecule has 80 valence electrons. The predicted molar refractivity (Wildman–Crippen MR) is 55.8 cm³/mol. The summed E-state index contributed by atoms with van der Waals surface area (Å²) in [5.74, 6) is -2.67. The first-order chi connectivity index (χ1) is 7.16. The second kappa shape index (κ2) is 4.11. The third-order valence-corrected chi connectivity index (χ3v) is 2.41. The first kappa shape index (κ1) is 10.3. The van der Waals surface area contributed by atoms with E-state index in [1.54, 1.807) is 4.90 Å². The van der Waals surface area contributed by atoms with Gasteiger partial charge < -0.3 is 0 Å². The van der Waals surface area contributed by atoms with E-state index in [0.29, 0.717) is 13.1 Å². The van der Waals surface area contributed by atoms with Crippen LogP contribution in [0.1, 0.15) is 5.56 Å². The van der Waals surface area contributed by atoms with Crippen molar-refractivity contribution in [3.05, 3.63) is 48.0 Å². The summed E-state index contributed by atoms with van der Waals surface area (Å²) in [5.41, 5.74) is 1.07. The van der Waals surface area contributed by atoms with Gasteiger partial charge in [-0.3, -0.25) is 4.90 Å². The van der Waals surface area contributed by atoms with Gasteiger partial charge in [0.05, 0.1) is 6.54 Å². The fourth-order valence-electron chi connectivity index (χ4n) is 1.75. The normalized spacial score (nSPS) is 20.4. The van der Waals surface area contributed by atoms with Gasteiger partial charge in [-0.25, -0.2) is 8.78 Å². The fourth-order valence-corrected chi connectivity index (χ4v) is 1.75. The van der Waals surface area contributed by atoms with Crippen LogP contribution in [0.15, 0.2) is 42.5 Å². The summed E-state index contributed by atoms with van der Waals surface area (Å²) in [4.78, 5) is 1.75. The molecule has 0 unspecified atom stereocenters. The van der Waals surface area contributed by atoms with E-state index in [2.05, 4.69) is 0 Å². The van der Waals surface area contributed by atoms with E-state index in [4.69, 9.17) is 0 Å². The lowest BCUT2D eigenvalue weighted by molar-refractivity contribution is 0.00608. The van der Waals surface area contributed by atoms with Gasteiger partial charge in [0, 0.05) is 13.1 Å². The average molecular weight is 209 g/mol. The van der Waals surface area contributed by atoms with Crippen LogP contribution >= 0.6 is 0 Å². The minimum atomic E-state index is -2.67. The number of benzene rings is 1. The van der Waals surface area contributed by atoms with Crippen molar-refractivity contribution in [2.75, 3.05) is 13.1 Å². The third-order valence-electron chi connectivity index (χ3n) is 2.41. The highest BCUT2D eigenvalue weighted by Crippen LogP contribution is 2.21. The molecule has 15 heavy (non-hydrogen) atoms. The summed E-state index contributed by atoms with van der Waals surface area (Å²) >= 11 is 0. The van der Waals surface area contributed by atoms with E-state index in [1.807, 2.05) is 30.3 Å². The van der Waals surface area contributed by atoms with E-state index in [-0.39, 0.29) is 6.54 Å². The number of alkyl halides is 2. The lowest BCUT2D eigenvalue weighted by Gasteiger charge is -2.28. The minimum absolute atomic E-state index is 0.182. The van der Waals surface area contributed by atoms with Crippen LogP contribution in [0, 0.1) is 0 Å². The number of nitrogens with zero attached hydrogens (tertiary/aromatic N) is 1. The first-order valence-electron chi connectivity index (χ1n) is 4.97. The van der Waals surface area contributed by atoms with Crippen molar-refractivity contribution in [1.29, 1.82) is 0 Å². The highest BCUT2D eigenvalue weighted by molar-refractivity contribution is 5.15. The van der Waals surface area contributed by atoms with Crippen molar-refractivity contribution >= 4 is 0 Å². The molecule has 1 aromatic rings. The standard InChI is InChI=1S/C12H13F2N/c13-12(14)7-4-8-15(10-12)9-11-5-2-1-3-6-11/h1-7H,8-10H2. The van der Waals surface area contributed by atoms with Crippen molar-refractivity contribution in [2.45, 2.75) is 12.5 Å². The molecule has 0 radical (unpaired) electrons. The molecule has 0 saturated heterocycles. The van der Waals surface area contributed by atoms with Crippen molar-refractivity contribution in [1.82, 2.24) is 4.90 Å². The van der Waals surface area contributed by atoms with Crippen LogP contribution in [-0.4, -0.2) is 23.9 Å². The van der Waals surface area contributed by atoms with Crippen LogP contribution in [-0.2, 0) is 6.54 Å². The molecule has 1 heterocycles. The lowest BCUT2D eigenvalue weighted by atomic mass is 10.1. The number of hydrogen-bond acceptors (Lipinski definition) is 1. The van der Waals surface area contributed by atoms with E-state index >= 15 is 0 Å². The second-order valence-corrected chi connectivity index (χ2v) is 3.82. The highest BCUT2D eigenvalue weighted by atomic mass is 19.3. The molecular weight excluding hydrogens is 196 g/mol. The maximum Gasteiger partial charge on any atom is 0.278 e. The zero-order chi connectivity index (χ0) is 10.7. The van der Waals surface area contributed by atoms with Crippen molar-refractivity contribution in [2.24, 2.45) is 0 Å². The summed E-state index contributed by atoms with van der Waals surface area (Å²) in [6.07, 6.45) is 2.53. The van der Waals surface area contributed by atoms with E-state index in [1.165, 1.54) is 6.08 Å². The quantitative estimate of drug-likeness (QED) is 0.677. The fraction of sp³-hybridized carbons (Fsp3) is 0.333. The molecule has 0 saturated carbocycles. The van der Waals surface area contributed by atoms with Crippen LogP contribution in [0.5, 0.6) is 0 Å². The molecule has 1 aliphatic rings. The zero-order valence-corrected chi connectivity index (χ0v) is 8.37. The van der Waals surface area contributed by atoms with Gasteiger partial charge in [0.15, 0.2) is 0 Å². The number of hydrogen-bond donors (Lipinski definition) is 0. The van der Waals surface area contributed by atoms with Gasteiger partial charge in [-0.2, -0.15) is 0 Å². The Bertz CT molecular complexity index is 346. The molecule has 1 aliphatic heterocycles. The molecule has 2 rings (SSSR count). The average Bonchev–Trinajstić information content (AvgIpc) is 2.17. The summed E-state index contributed by atoms with van der Waals surface area (Å²) in [5, 5.41) is 0. The van der Waals surface area contributed by atoms with Crippen molar-refractivity contribution < 1.29 is 8.78 Å². The zero-order valence-electron chi connectivity index (χ0n) is 8.37. The SMILES string of the molecule is FC1(F)C=CCN(Cc2ccccc2)C1. The monoisotopic (exact) mass is 209 g/mol. The molecule has 0 bridgehead atoms. The molecule has 1 nitrogen and oxygen atoms in total. The maximum atomic E-state index is 13.0. The third kappa shape index (κ3) is 2.86. The van der Waals surface area contributed by atoms with Gasteiger partial charge >= 0.3 is 0 Å². The molecule has 0 N–H and O–H groups in total. The molecule has 0 fully saturated rings. The predicted octanol–water partition coefficient (Wildman–Crippen LogP) is 2.69. The summed E-state index contributed by atoms with van der Waals surface area (Å²) in [6, 6.07) is 9.68. The maximum absolute atomic E-state index is 13.0. The van der Waals surface area contributed by atoms with Crippen LogP contribution in [0.4, 0.5) is 8.78 Å². The van der Waals surface area contributed by atoms with E-state index in [9.17, 15) is 8.78 Å². The van der Waals surface area contributed by atoms with E-state index < -0.39 is 5.92 Å². The number of halogens is 2. The molecule has 3 heteroatoms. The van der Waals surface area contributed by atoms with Gasteiger partial charge in [0.25, 0.3) is 5.92 Å². The largest absolute Gasteiger partial charge is 0.289 e. The lowest BCUT2D eigenvalue weighted by Crippen LogP contribution is -2.38. The van der Waals surface area contributed by atoms with Gasteiger partial charge in [0.2, 0.25) is 0 Å². The molecule has 0 spiro atoms. The Labute approximate surface area is 88.0 Å². The Morgan fingerprint density at radius 1 is 1.20 bits per heavy atom. The Kier molecular flexibility index (Phi) is 2.82. The Morgan fingerprint density at radius 3 is 2.60 bits per heavy atom. The van der Waals surface area contributed by atoms with Crippen LogP contribution in [0.2, 0.25) is 0 Å². The molecular formula is C12H13F2N. The van der Waals surface area contributed by atoms with Crippen LogP contribution < -0.4 is 0 Å².